The van der Waals surface area contributed by atoms with Gasteiger partial charge in [0.05, 0.1) is 11.7 Å². The maximum Gasteiger partial charge on any atom is 0.144 e. The highest BCUT2D eigenvalue weighted by Gasteiger charge is 2.07. The third-order valence-electron chi connectivity index (χ3n) is 3.06. The van der Waals surface area contributed by atoms with E-state index < -0.39 is 0 Å². The van der Waals surface area contributed by atoms with Crippen molar-refractivity contribution < 1.29 is 0 Å². The minimum absolute atomic E-state index is 1.01. The van der Waals surface area contributed by atoms with E-state index in [1.807, 2.05) is 6.20 Å². The predicted octanol–water partition coefficient (Wildman–Crippen LogP) is 3.62. The Bertz CT molecular complexity index is 663. The lowest BCUT2D eigenvalue weighted by atomic mass is 10.1. The number of imidazole rings is 1. The molecule has 0 unspecified atom stereocenters. The zero-order valence-corrected chi connectivity index (χ0v) is 10.0. The molecule has 2 heteroatoms. The number of aromatic nitrogens is 2. The van der Waals surface area contributed by atoms with Crippen LogP contribution in [0.1, 0.15) is 11.3 Å². The fourth-order valence-electron chi connectivity index (χ4n) is 2.12. The Balaban J connectivity index is 2.27. The van der Waals surface area contributed by atoms with E-state index in [0.29, 0.717) is 0 Å². The highest BCUT2D eigenvalue weighted by atomic mass is 15.0. The summed E-state index contributed by atoms with van der Waals surface area (Å²) < 4.78 is 2.19. The quantitative estimate of drug-likeness (QED) is 0.614. The Morgan fingerprint density at radius 1 is 0.941 bits per heavy atom. The molecule has 3 rings (SSSR count). The standard InChI is InChI=1S/C15H14N2/c1-11-6-8-13(9-7-11)15-16-10-14-5-3-4-12(2)17(14)15/h3-10H,1-2H3. The molecule has 0 radical (unpaired) electrons. The van der Waals surface area contributed by atoms with Crippen molar-refractivity contribution in [3.05, 3.63) is 59.9 Å². The molecule has 0 aliphatic rings. The Labute approximate surface area is 101 Å². The Kier molecular flexibility index (Phi) is 2.22. The highest BCUT2D eigenvalue weighted by molar-refractivity contribution is 5.63. The van der Waals surface area contributed by atoms with Crippen LogP contribution in [-0.2, 0) is 0 Å². The van der Waals surface area contributed by atoms with Gasteiger partial charge in [-0.1, -0.05) is 35.9 Å². The predicted molar refractivity (Wildman–Crippen MR) is 70.1 cm³/mol. The third-order valence-corrected chi connectivity index (χ3v) is 3.06. The van der Waals surface area contributed by atoms with Crippen LogP contribution in [-0.4, -0.2) is 9.38 Å². The molecule has 0 saturated heterocycles. The Hall–Kier alpha value is -2.09. The van der Waals surface area contributed by atoms with E-state index in [1.54, 1.807) is 0 Å². The molecule has 17 heavy (non-hydrogen) atoms. The smallest absolute Gasteiger partial charge is 0.144 e. The third kappa shape index (κ3) is 1.62. The van der Waals surface area contributed by atoms with Crippen LogP contribution >= 0.6 is 0 Å². The van der Waals surface area contributed by atoms with Gasteiger partial charge in [0.2, 0.25) is 0 Å². The zero-order valence-electron chi connectivity index (χ0n) is 10.0. The number of rotatable bonds is 1. The second kappa shape index (κ2) is 3.74. The van der Waals surface area contributed by atoms with Gasteiger partial charge in [-0.2, -0.15) is 0 Å². The Morgan fingerprint density at radius 2 is 1.71 bits per heavy atom. The minimum atomic E-state index is 1.01. The summed E-state index contributed by atoms with van der Waals surface area (Å²) in [5, 5.41) is 0. The molecule has 0 spiro atoms. The van der Waals surface area contributed by atoms with Gasteiger partial charge in [-0.3, -0.25) is 4.40 Å². The van der Waals surface area contributed by atoms with Crippen LogP contribution in [0.5, 0.6) is 0 Å². The second-order valence-electron chi connectivity index (χ2n) is 4.38. The number of hydrogen-bond acceptors (Lipinski definition) is 1. The summed E-state index contributed by atoms with van der Waals surface area (Å²) in [4.78, 5) is 4.52. The van der Waals surface area contributed by atoms with Gasteiger partial charge in [0.1, 0.15) is 5.82 Å². The number of benzene rings is 1. The molecule has 0 N–H and O–H groups in total. The maximum atomic E-state index is 4.52. The normalized spacial score (nSPS) is 10.9. The van der Waals surface area contributed by atoms with Gasteiger partial charge in [0.15, 0.2) is 0 Å². The van der Waals surface area contributed by atoms with E-state index in [1.165, 1.54) is 11.3 Å². The van der Waals surface area contributed by atoms with Crippen molar-refractivity contribution in [3.8, 4) is 11.4 Å². The monoisotopic (exact) mass is 222 g/mol. The maximum absolute atomic E-state index is 4.52. The first kappa shape index (κ1) is 10.1. The molecule has 1 aromatic carbocycles. The summed E-state index contributed by atoms with van der Waals surface area (Å²) >= 11 is 0. The van der Waals surface area contributed by atoms with Crippen molar-refractivity contribution in [1.82, 2.24) is 9.38 Å². The van der Waals surface area contributed by atoms with Crippen LogP contribution in [0.4, 0.5) is 0 Å². The van der Waals surface area contributed by atoms with E-state index in [9.17, 15) is 0 Å². The number of aryl methyl sites for hydroxylation is 2. The molecule has 84 valence electrons. The summed E-state index contributed by atoms with van der Waals surface area (Å²) in [6.45, 7) is 4.20. The molecule has 2 heterocycles. The van der Waals surface area contributed by atoms with Gasteiger partial charge in [-0.05, 0) is 26.0 Å². The lowest BCUT2D eigenvalue weighted by Crippen LogP contribution is -1.93. The van der Waals surface area contributed by atoms with Crippen molar-refractivity contribution in [2.45, 2.75) is 13.8 Å². The molecule has 2 aromatic heterocycles. The Morgan fingerprint density at radius 3 is 2.47 bits per heavy atom. The zero-order chi connectivity index (χ0) is 11.8. The van der Waals surface area contributed by atoms with Crippen molar-refractivity contribution in [2.75, 3.05) is 0 Å². The molecule has 0 atom stereocenters. The van der Waals surface area contributed by atoms with Crippen LogP contribution in [0, 0.1) is 13.8 Å². The summed E-state index contributed by atoms with van der Waals surface area (Å²) in [6.07, 6.45) is 1.92. The lowest BCUT2D eigenvalue weighted by Gasteiger charge is -2.05. The van der Waals surface area contributed by atoms with Gasteiger partial charge in [0.25, 0.3) is 0 Å². The molecule has 0 fully saturated rings. The fraction of sp³-hybridized carbons (Fsp3) is 0.133. The van der Waals surface area contributed by atoms with E-state index >= 15 is 0 Å². The van der Waals surface area contributed by atoms with E-state index in [2.05, 4.69) is 65.7 Å². The first-order chi connectivity index (χ1) is 8.25. The summed E-state index contributed by atoms with van der Waals surface area (Å²) in [5.74, 6) is 1.01. The molecule has 0 aliphatic heterocycles. The van der Waals surface area contributed by atoms with E-state index in [0.717, 1.165) is 16.9 Å². The van der Waals surface area contributed by atoms with Crippen molar-refractivity contribution in [1.29, 1.82) is 0 Å². The number of pyridine rings is 1. The average Bonchev–Trinajstić information content (AvgIpc) is 2.75. The van der Waals surface area contributed by atoms with Gasteiger partial charge in [-0.25, -0.2) is 4.98 Å². The second-order valence-corrected chi connectivity index (χ2v) is 4.38. The molecule has 0 saturated carbocycles. The van der Waals surface area contributed by atoms with Crippen LogP contribution < -0.4 is 0 Å². The van der Waals surface area contributed by atoms with Gasteiger partial charge < -0.3 is 0 Å². The molecular formula is C15H14N2. The number of hydrogen-bond donors (Lipinski definition) is 0. The first-order valence-corrected chi connectivity index (χ1v) is 5.76. The first-order valence-electron chi connectivity index (χ1n) is 5.76. The fourth-order valence-corrected chi connectivity index (χ4v) is 2.12. The van der Waals surface area contributed by atoms with Crippen LogP contribution in [0.25, 0.3) is 16.9 Å². The molecule has 0 aliphatic carbocycles. The summed E-state index contributed by atoms with van der Waals surface area (Å²) in [5.41, 5.74) is 4.77. The van der Waals surface area contributed by atoms with E-state index in [4.69, 9.17) is 0 Å². The minimum Gasteiger partial charge on any atom is -0.297 e. The van der Waals surface area contributed by atoms with Crippen molar-refractivity contribution >= 4 is 5.52 Å². The van der Waals surface area contributed by atoms with Gasteiger partial charge in [-0.15, -0.1) is 0 Å². The number of fused-ring (bicyclic) bond motifs is 1. The lowest BCUT2D eigenvalue weighted by molar-refractivity contribution is 1.08. The SMILES string of the molecule is Cc1ccc(-c2ncc3cccc(C)n23)cc1. The van der Waals surface area contributed by atoms with Gasteiger partial charge in [0, 0.05) is 11.3 Å². The molecular weight excluding hydrogens is 208 g/mol. The highest BCUT2D eigenvalue weighted by Crippen LogP contribution is 2.21. The number of nitrogens with zero attached hydrogens (tertiary/aromatic N) is 2. The van der Waals surface area contributed by atoms with Crippen molar-refractivity contribution in [2.24, 2.45) is 0 Å². The molecule has 3 aromatic rings. The van der Waals surface area contributed by atoms with Crippen molar-refractivity contribution in [3.63, 3.8) is 0 Å². The molecule has 0 bridgehead atoms. The molecule has 2 nitrogen and oxygen atoms in total. The van der Waals surface area contributed by atoms with E-state index in [-0.39, 0.29) is 0 Å². The molecule has 0 amide bonds. The average molecular weight is 222 g/mol. The van der Waals surface area contributed by atoms with Crippen LogP contribution in [0.3, 0.4) is 0 Å². The summed E-state index contributed by atoms with van der Waals surface area (Å²) in [7, 11) is 0. The largest absolute Gasteiger partial charge is 0.297 e. The van der Waals surface area contributed by atoms with Gasteiger partial charge >= 0.3 is 0 Å². The van der Waals surface area contributed by atoms with Crippen LogP contribution in [0.15, 0.2) is 48.7 Å². The summed E-state index contributed by atoms with van der Waals surface area (Å²) in [6, 6.07) is 14.7. The van der Waals surface area contributed by atoms with Crippen LogP contribution in [0.2, 0.25) is 0 Å². The topological polar surface area (TPSA) is 17.3 Å².